The first-order chi connectivity index (χ1) is 18.3. The number of hydrogen-bond donors (Lipinski definition) is 1. The Kier molecular flexibility index (Phi) is 7.18. The minimum atomic E-state index is -0.322. The van der Waals surface area contributed by atoms with Gasteiger partial charge in [-0.25, -0.2) is 0 Å². The third-order valence-corrected chi connectivity index (χ3v) is 7.42. The van der Waals surface area contributed by atoms with Crippen LogP contribution in [0.3, 0.4) is 0 Å². The fourth-order valence-electron chi connectivity index (χ4n) is 5.30. The van der Waals surface area contributed by atoms with Gasteiger partial charge in [-0.2, -0.15) is 9.83 Å². The van der Waals surface area contributed by atoms with Crippen LogP contribution in [0, 0.1) is 12.1 Å². The molecule has 0 spiro atoms. The number of benzene rings is 2. The van der Waals surface area contributed by atoms with E-state index >= 15 is 0 Å². The minimum Gasteiger partial charge on any atom is -0.618 e. The molecule has 5 rings (SSSR count). The highest BCUT2D eigenvalue weighted by molar-refractivity contribution is 5.98. The van der Waals surface area contributed by atoms with Gasteiger partial charge in [0.2, 0.25) is 11.6 Å². The van der Waals surface area contributed by atoms with Gasteiger partial charge in [0.05, 0.1) is 18.7 Å². The molecule has 2 aromatic carbocycles. The van der Waals surface area contributed by atoms with Crippen LogP contribution < -0.4 is 9.63 Å². The van der Waals surface area contributed by atoms with E-state index < -0.39 is 0 Å². The molecular weight excluding hydrogens is 476 g/mol. The number of rotatable bonds is 7. The summed E-state index contributed by atoms with van der Waals surface area (Å²) >= 11 is 0. The van der Waals surface area contributed by atoms with Gasteiger partial charge in [-0.15, -0.1) is 0 Å². The van der Waals surface area contributed by atoms with Crippen LogP contribution in [0.15, 0.2) is 73.2 Å². The van der Waals surface area contributed by atoms with Crippen LogP contribution in [0.1, 0.15) is 72.0 Å². The van der Waals surface area contributed by atoms with Crippen LogP contribution in [0.25, 0.3) is 0 Å². The van der Waals surface area contributed by atoms with Crippen LogP contribution in [-0.2, 0) is 24.3 Å². The predicted molar refractivity (Wildman–Crippen MR) is 147 cm³/mol. The van der Waals surface area contributed by atoms with Crippen molar-refractivity contribution in [2.24, 2.45) is 0 Å². The second-order valence-corrected chi connectivity index (χ2v) is 10.5. The summed E-state index contributed by atoms with van der Waals surface area (Å²) in [6.07, 6.45) is 7.53. The average molecular weight is 511 g/mol. The molecule has 4 aromatic rings. The molecule has 0 radical (unpaired) electrons. The lowest BCUT2D eigenvalue weighted by molar-refractivity contribution is -0.614. The van der Waals surface area contributed by atoms with Gasteiger partial charge in [0.25, 0.3) is 0 Å². The molecule has 1 amide bonds. The van der Waals surface area contributed by atoms with Crippen LogP contribution in [0.4, 0.5) is 5.69 Å². The number of anilines is 1. The third-order valence-electron chi connectivity index (χ3n) is 7.42. The number of hydrogen-bond acceptors (Lipinski definition) is 4. The molecule has 7 heteroatoms. The Morgan fingerprint density at radius 2 is 2.00 bits per heavy atom. The standard InChI is InChI=1S/C31H34N4O3/c1-21(2)24-10-12-25(13-11-24)34(31(37)29-8-4-7-28-27(29)6-5-9-30(28)36)19-23-17-32-33(18-23)20-26-16-22(3)14-15-35(26)38/h5-6,9-18,21,29,36H,4,7-8,19-20H2,1-3H3. The van der Waals surface area contributed by atoms with Gasteiger partial charge in [0.15, 0.2) is 6.20 Å². The molecule has 1 atom stereocenters. The number of aromatic hydroxyl groups is 1. The molecule has 2 aromatic heterocycles. The fourth-order valence-corrected chi connectivity index (χ4v) is 5.30. The van der Waals surface area contributed by atoms with Crippen molar-refractivity contribution in [3.05, 3.63) is 112 Å². The monoisotopic (exact) mass is 510 g/mol. The van der Waals surface area contributed by atoms with Crippen molar-refractivity contribution in [3.8, 4) is 5.75 Å². The zero-order chi connectivity index (χ0) is 26.8. The molecule has 38 heavy (non-hydrogen) atoms. The zero-order valence-electron chi connectivity index (χ0n) is 22.2. The smallest absolute Gasteiger partial charge is 0.234 e. The maximum Gasteiger partial charge on any atom is 0.234 e. The lowest BCUT2D eigenvalue weighted by Gasteiger charge is -2.31. The Hall–Kier alpha value is -4.13. The normalized spacial score (nSPS) is 14.9. The third kappa shape index (κ3) is 5.28. The summed E-state index contributed by atoms with van der Waals surface area (Å²) in [7, 11) is 0. The minimum absolute atomic E-state index is 0.0117. The molecule has 1 aliphatic carbocycles. The molecule has 0 fully saturated rings. The fraction of sp³-hybridized carbons (Fsp3) is 0.323. The first-order valence-corrected chi connectivity index (χ1v) is 13.2. The quantitative estimate of drug-likeness (QED) is 0.268. The number of aryl methyl sites for hydroxylation is 1. The number of nitrogens with zero attached hydrogens (tertiary/aromatic N) is 4. The lowest BCUT2D eigenvalue weighted by atomic mass is 9.81. The highest BCUT2D eigenvalue weighted by atomic mass is 16.5. The Labute approximate surface area is 223 Å². The van der Waals surface area contributed by atoms with Gasteiger partial charge in [-0.05, 0) is 72.6 Å². The number of aromatic nitrogens is 3. The van der Waals surface area contributed by atoms with Crippen molar-refractivity contribution in [3.63, 3.8) is 0 Å². The second-order valence-electron chi connectivity index (χ2n) is 10.5. The zero-order valence-corrected chi connectivity index (χ0v) is 22.2. The first-order valence-electron chi connectivity index (χ1n) is 13.2. The van der Waals surface area contributed by atoms with E-state index in [1.54, 1.807) is 23.0 Å². The molecule has 0 saturated carbocycles. The molecular formula is C31H34N4O3. The highest BCUT2D eigenvalue weighted by Gasteiger charge is 2.32. The summed E-state index contributed by atoms with van der Waals surface area (Å²) in [5.41, 5.74) is 6.34. The molecule has 0 saturated heterocycles. The van der Waals surface area contributed by atoms with Gasteiger partial charge in [-0.1, -0.05) is 38.1 Å². The van der Waals surface area contributed by atoms with Crippen LogP contribution in [0.2, 0.25) is 0 Å². The molecule has 1 N–H and O–H groups in total. The summed E-state index contributed by atoms with van der Waals surface area (Å²) in [5, 5.41) is 27.1. The van der Waals surface area contributed by atoms with E-state index in [-0.39, 0.29) is 17.6 Å². The van der Waals surface area contributed by atoms with Crippen LogP contribution >= 0.6 is 0 Å². The van der Waals surface area contributed by atoms with E-state index in [9.17, 15) is 15.1 Å². The number of pyridine rings is 1. The Bertz CT molecular complexity index is 1440. The number of phenols is 1. The summed E-state index contributed by atoms with van der Waals surface area (Å²) in [5.74, 6) is 0.348. The van der Waals surface area contributed by atoms with Gasteiger partial charge in [0, 0.05) is 29.6 Å². The van der Waals surface area contributed by atoms with Crippen molar-refractivity contribution < 1.29 is 14.6 Å². The average Bonchev–Trinajstić information content (AvgIpc) is 3.36. The van der Waals surface area contributed by atoms with Crippen LogP contribution in [-0.4, -0.2) is 20.8 Å². The largest absolute Gasteiger partial charge is 0.618 e. The number of carbonyl (C=O) groups excluding carboxylic acids is 1. The number of carbonyl (C=O) groups is 1. The molecule has 0 bridgehead atoms. The Balaban J connectivity index is 1.45. The number of amides is 1. The molecule has 1 aliphatic rings. The summed E-state index contributed by atoms with van der Waals surface area (Å²) in [4.78, 5) is 16.0. The lowest BCUT2D eigenvalue weighted by Crippen LogP contribution is -2.36. The topological polar surface area (TPSA) is 85.3 Å². The predicted octanol–water partition coefficient (Wildman–Crippen LogP) is 5.36. The first kappa shape index (κ1) is 25.5. The van der Waals surface area contributed by atoms with Crippen molar-refractivity contribution in [1.29, 1.82) is 0 Å². The van der Waals surface area contributed by atoms with E-state index in [0.717, 1.165) is 51.9 Å². The summed E-state index contributed by atoms with van der Waals surface area (Å²) < 4.78 is 2.59. The number of phenolic OH excluding ortho intramolecular Hbond substituents is 1. The SMILES string of the molecule is Cc1cc[n+]([O-])c(Cn2cc(CN(C(=O)C3CCCc4c(O)cccc43)c3ccc(C(C)C)cc3)cn2)c1. The summed E-state index contributed by atoms with van der Waals surface area (Å²) in [6, 6.07) is 17.3. The van der Waals surface area contributed by atoms with Crippen molar-refractivity contribution >= 4 is 11.6 Å². The van der Waals surface area contributed by atoms with E-state index in [1.165, 1.54) is 11.8 Å². The van der Waals surface area contributed by atoms with Gasteiger partial charge in [0.1, 0.15) is 12.3 Å². The molecule has 2 heterocycles. The Morgan fingerprint density at radius 3 is 2.76 bits per heavy atom. The second kappa shape index (κ2) is 10.7. The molecule has 196 valence electrons. The van der Waals surface area contributed by atoms with Gasteiger partial charge >= 0.3 is 0 Å². The van der Waals surface area contributed by atoms with E-state index in [4.69, 9.17) is 0 Å². The molecule has 1 unspecified atom stereocenters. The van der Waals surface area contributed by atoms with Crippen molar-refractivity contribution in [1.82, 2.24) is 9.78 Å². The van der Waals surface area contributed by atoms with Gasteiger partial charge in [-0.3, -0.25) is 9.48 Å². The van der Waals surface area contributed by atoms with E-state index in [0.29, 0.717) is 24.7 Å². The Morgan fingerprint density at radius 1 is 1.21 bits per heavy atom. The molecule has 0 aliphatic heterocycles. The van der Waals surface area contributed by atoms with E-state index in [1.807, 2.05) is 48.4 Å². The van der Waals surface area contributed by atoms with Crippen molar-refractivity contribution in [2.75, 3.05) is 4.90 Å². The van der Waals surface area contributed by atoms with E-state index in [2.05, 4.69) is 31.1 Å². The summed E-state index contributed by atoms with van der Waals surface area (Å²) in [6.45, 7) is 6.96. The maximum absolute atomic E-state index is 14.1. The molecule has 7 nitrogen and oxygen atoms in total. The maximum atomic E-state index is 14.1. The van der Waals surface area contributed by atoms with Crippen LogP contribution in [0.5, 0.6) is 5.75 Å². The number of fused-ring (bicyclic) bond motifs is 1. The van der Waals surface area contributed by atoms with Gasteiger partial charge < -0.3 is 15.2 Å². The van der Waals surface area contributed by atoms with Crippen molar-refractivity contribution in [2.45, 2.75) is 65.0 Å². The highest BCUT2D eigenvalue weighted by Crippen LogP contribution is 2.38.